The van der Waals surface area contributed by atoms with Crippen molar-refractivity contribution in [2.45, 2.75) is 104 Å². The Labute approximate surface area is 190 Å². The second-order valence-electron chi connectivity index (χ2n) is 12.6. The van der Waals surface area contributed by atoms with E-state index in [0.29, 0.717) is 30.1 Å². The van der Waals surface area contributed by atoms with Crippen LogP contribution < -0.4 is 0 Å². The minimum absolute atomic E-state index is 0.0612. The van der Waals surface area contributed by atoms with Gasteiger partial charge in [0.05, 0.1) is 17.3 Å². The molecule has 0 amide bonds. The first-order chi connectivity index (χ1) is 14.4. The van der Waals surface area contributed by atoms with E-state index in [9.17, 15) is 15.3 Å². The first-order valence-corrected chi connectivity index (χ1v) is 12.9. The topological polar surface area (TPSA) is 60.7 Å². The Morgan fingerprint density at radius 1 is 0.871 bits per heavy atom. The molecule has 0 saturated heterocycles. The SMILES string of the molecule is CC(C)[C@@H](C)/C=C/[C@@H](C)[C@H]1CC[C@H]2[C@@]3(O)C=C[C@]4(O)C[C@@H](O)CC[C@]4(C)[C@H]3CC[C@]12C. The van der Waals surface area contributed by atoms with Gasteiger partial charge in [-0.05, 0) is 73.5 Å². The number of rotatable bonds is 4. The van der Waals surface area contributed by atoms with Crippen LogP contribution in [-0.4, -0.2) is 32.6 Å². The minimum atomic E-state index is -1.00. The average molecular weight is 431 g/mol. The van der Waals surface area contributed by atoms with Crippen molar-refractivity contribution in [1.29, 1.82) is 0 Å². The average Bonchev–Trinajstić information content (AvgIpc) is 3.05. The molecule has 176 valence electrons. The molecule has 0 aromatic carbocycles. The monoisotopic (exact) mass is 430 g/mol. The normalized spacial score (nSPS) is 51.4. The summed E-state index contributed by atoms with van der Waals surface area (Å²) >= 11 is 0. The zero-order valence-electron chi connectivity index (χ0n) is 20.6. The molecule has 0 spiro atoms. The van der Waals surface area contributed by atoms with Gasteiger partial charge in [0.2, 0.25) is 0 Å². The van der Waals surface area contributed by atoms with Crippen molar-refractivity contribution >= 4 is 0 Å². The van der Waals surface area contributed by atoms with E-state index >= 15 is 0 Å². The molecule has 0 heterocycles. The van der Waals surface area contributed by atoms with Crippen molar-refractivity contribution in [3.8, 4) is 0 Å². The number of fused-ring (bicyclic) bond motifs is 5. The summed E-state index contributed by atoms with van der Waals surface area (Å²) in [5.74, 6) is 2.66. The van der Waals surface area contributed by atoms with Gasteiger partial charge >= 0.3 is 0 Å². The highest BCUT2D eigenvalue weighted by molar-refractivity contribution is 5.31. The zero-order valence-corrected chi connectivity index (χ0v) is 20.6. The molecule has 4 aliphatic rings. The zero-order chi connectivity index (χ0) is 22.8. The van der Waals surface area contributed by atoms with Crippen LogP contribution in [0.2, 0.25) is 0 Å². The molecule has 0 aromatic rings. The van der Waals surface area contributed by atoms with Crippen LogP contribution in [0.4, 0.5) is 0 Å². The molecule has 3 heteroatoms. The van der Waals surface area contributed by atoms with Crippen LogP contribution in [0.3, 0.4) is 0 Å². The van der Waals surface area contributed by atoms with Gasteiger partial charge in [-0.2, -0.15) is 0 Å². The number of hydrogen-bond donors (Lipinski definition) is 3. The van der Waals surface area contributed by atoms with Crippen LogP contribution in [0.25, 0.3) is 0 Å². The lowest BCUT2D eigenvalue weighted by atomic mass is 9.43. The van der Waals surface area contributed by atoms with Gasteiger partial charge in [-0.3, -0.25) is 0 Å². The van der Waals surface area contributed by atoms with E-state index in [1.165, 1.54) is 6.42 Å². The Morgan fingerprint density at radius 2 is 1.58 bits per heavy atom. The van der Waals surface area contributed by atoms with Gasteiger partial charge in [0.25, 0.3) is 0 Å². The van der Waals surface area contributed by atoms with Crippen molar-refractivity contribution in [3.05, 3.63) is 24.3 Å². The summed E-state index contributed by atoms with van der Waals surface area (Å²) in [7, 11) is 0. The van der Waals surface area contributed by atoms with Crippen molar-refractivity contribution in [2.75, 3.05) is 0 Å². The third-order valence-electron chi connectivity index (χ3n) is 10.8. The van der Waals surface area contributed by atoms with Gasteiger partial charge in [-0.25, -0.2) is 0 Å². The summed E-state index contributed by atoms with van der Waals surface area (Å²) in [6, 6.07) is 0. The third-order valence-corrected chi connectivity index (χ3v) is 10.8. The Morgan fingerprint density at radius 3 is 2.26 bits per heavy atom. The highest BCUT2D eigenvalue weighted by atomic mass is 16.3. The van der Waals surface area contributed by atoms with Crippen LogP contribution in [0.5, 0.6) is 0 Å². The third kappa shape index (κ3) is 3.40. The minimum Gasteiger partial charge on any atom is -0.393 e. The molecular formula is C28H46O3. The molecule has 0 aromatic heterocycles. The summed E-state index contributed by atoms with van der Waals surface area (Å²) in [6.07, 6.45) is 14.4. The van der Waals surface area contributed by atoms with E-state index in [-0.39, 0.29) is 22.7 Å². The second kappa shape index (κ2) is 7.71. The van der Waals surface area contributed by atoms with Crippen LogP contribution >= 0.6 is 0 Å². The van der Waals surface area contributed by atoms with E-state index in [1.807, 2.05) is 12.2 Å². The Hall–Kier alpha value is -0.640. The first kappa shape index (κ1) is 23.5. The second-order valence-corrected chi connectivity index (χ2v) is 12.6. The lowest BCUT2D eigenvalue weighted by Crippen LogP contribution is -2.67. The fourth-order valence-electron chi connectivity index (χ4n) is 8.33. The summed E-state index contributed by atoms with van der Waals surface area (Å²) < 4.78 is 0. The van der Waals surface area contributed by atoms with Gasteiger partial charge in [0, 0.05) is 17.8 Å². The molecule has 0 unspecified atom stereocenters. The van der Waals surface area contributed by atoms with Gasteiger partial charge in [0.15, 0.2) is 0 Å². The molecule has 10 atom stereocenters. The number of hydrogen-bond acceptors (Lipinski definition) is 3. The fourth-order valence-corrected chi connectivity index (χ4v) is 8.33. The number of aliphatic hydroxyl groups excluding tert-OH is 1. The van der Waals surface area contributed by atoms with E-state index in [2.05, 4.69) is 53.7 Å². The van der Waals surface area contributed by atoms with E-state index in [0.717, 1.165) is 32.1 Å². The maximum atomic E-state index is 12.2. The van der Waals surface area contributed by atoms with E-state index in [1.54, 1.807) is 0 Å². The largest absolute Gasteiger partial charge is 0.393 e. The molecule has 3 N–H and O–H groups in total. The van der Waals surface area contributed by atoms with Crippen LogP contribution in [0.15, 0.2) is 24.3 Å². The smallest absolute Gasteiger partial charge is 0.0910 e. The summed E-state index contributed by atoms with van der Waals surface area (Å²) in [4.78, 5) is 0. The Kier molecular flexibility index (Phi) is 5.84. The summed E-state index contributed by atoms with van der Waals surface area (Å²) in [5, 5.41) is 34.0. The molecule has 0 bridgehead atoms. The Balaban J connectivity index is 1.62. The van der Waals surface area contributed by atoms with E-state index < -0.39 is 17.3 Å². The highest BCUT2D eigenvalue weighted by Crippen LogP contribution is 2.68. The number of aliphatic hydroxyl groups is 3. The van der Waals surface area contributed by atoms with Gasteiger partial charge in [0.1, 0.15) is 0 Å². The number of allylic oxidation sites excluding steroid dienone is 2. The van der Waals surface area contributed by atoms with E-state index in [4.69, 9.17) is 0 Å². The summed E-state index contributed by atoms with van der Waals surface area (Å²) in [6.45, 7) is 13.8. The first-order valence-electron chi connectivity index (χ1n) is 12.9. The van der Waals surface area contributed by atoms with Crippen molar-refractivity contribution in [3.63, 3.8) is 0 Å². The quantitative estimate of drug-likeness (QED) is 0.516. The van der Waals surface area contributed by atoms with Gasteiger partial charge in [-0.1, -0.05) is 65.8 Å². The van der Waals surface area contributed by atoms with Crippen molar-refractivity contribution < 1.29 is 15.3 Å². The Bertz CT molecular complexity index is 743. The molecule has 4 aliphatic carbocycles. The highest BCUT2D eigenvalue weighted by Gasteiger charge is 2.68. The van der Waals surface area contributed by atoms with Gasteiger partial charge in [-0.15, -0.1) is 0 Å². The maximum absolute atomic E-state index is 12.2. The predicted octanol–water partition coefficient (Wildman–Crippen LogP) is 5.50. The van der Waals surface area contributed by atoms with Crippen molar-refractivity contribution in [2.24, 2.45) is 46.3 Å². The molecule has 31 heavy (non-hydrogen) atoms. The van der Waals surface area contributed by atoms with Crippen LogP contribution in [0.1, 0.15) is 86.5 Å². The van der Waals surface area contributed by atoms with Crippen LogP contribution in [0, 0.1) is 46.3 Å². The predicted molar refractivity (Wildman–Crippen MR) is 126 cm³/mol. The van der Waals surface area contributed by atoms with Gasteiger partial charge < -0.3 is 15.3 Å². The van der Waals surface area contributed by atoms with Crippen LogP contribution in [-0.2, 0) is 0 Å². The molecule has 0 aliphatic heterocycles. The van der Waals surface area contributed by atoms with Crippen molar-refractivity contribution in [1.82, 2.24) is 0 Å². The lowest BCUT2D eigenvalue weighted by Gasteiger charge is -2.64. The molecule has 4 rings (SSSR count). The molecule has 3 saturated carbocycles. The maximum Gasteiger partial charge on any atom is 0.0910 e. The molecule has 0 radical (unpaired) electrons. The molecule has 3 nitrogen and oxygen atoms in total. The molecule has 3 fully saturated rings. The lowest BCUT2D eigenvalue weighted by molar-refractivity contribution is -0.220. The standard InChI is InChI=1S/C28H46O3/c1-18(2)19(3)7-8-20(4)22-9-10-23-25(22,5)13-12-24-26(6)14-11-21(29)17-27(26,30)15-16-28(23,24)31/h7-8,15-16,18-24,29-31H,9-14,17H2,1-6H3/b8-7+/t19-,20+,21-,22+,23+,24+,25+,26+,27-,28-/m0/s1. The molecular weight excluding hydrogens is 384 g/mol. The fraction of sp³-hybridized carbons (Fsp3) is 0.857. The summed E-state index contributed by atoms with van der Waals surface area (Å²) in [5.41, 5.74) is -2.09.